The average molecular weight is 309 g/mol. The predicted octanol–water partition coefficient (Wildman–Crippen LogP) is 1.04. The van der Waals surface area contributed by atoms with Crippen molar-refractivity contribution >= 4 is 5.91 Å². The van der Waals surface area contributed by atoms with Crippen molar-refractivity contribution < 1.29 is 9.53 Å². The van der Waals surface area contributed by atoms with E-state index >= 15 is 0 Å². The monoisotopic (exact) mass is 309 g/mol. The molecule has 3 aliphatic rings. The average Bonchev–Trinajstić information content (AvgIpc) is 2.62. The number of nitrogens with zero attached hydrogens (tertiary/aromatic N) is 3. The number of piperidine rings is 2. The summed E-state index contributed by atoms with van der Waals surface area (Å²) in [5, 5.41) is 0. The molecule has 3 saturated heterocycles. The second-order valence-corrected chi connectivity index (χ2v) is 6.91. The molecule has 3 heterocycles. The Morgan fingerprint density at radius 3 is 2.18 bits per heavy atom. The number of rotatable bonds is 3. The molecule has 3 fully saturated rings. The van der Waals surface area contributed by atoms with E-state index in [9.17, 15) is 4.79 Å². The summed E-state index contributed by atoms with van der Waals surface area (Å²) in [4.78, 5) is 19.8. The fraction of sp³-hybridized carbons (Fsp3) is 0.941. The Hall–Kier alpha value is -0.650. The van der Waals surface area contributed by atoms with E-state index in [1.54, 1.807) is 0 Å². The van der Waals surface area contributed by atoms with Crippen LogP contribution in [0.1, 0.15) is 32.6 Å². The van der Waals surface area contributed by atoms with Crippen LogP contribution in [0.25, 0.3) is 0 Å². The first-order chi connectivity index (χ1) is 10.8. The van der Waals surface area contributed by atoms with Gasteiger partial charge in [-0.15, -0.1) is 0 Å². The molecule has 0 saturated carbocycles. The molecule has 22 heavy (non-hydrogen) atoms. The first-order valence-corrected chi connectivity index (χ1v) is 9.11. The summed E-state index contributed by atoms with van der Waals surface area (Å²) in [6.07, 6.45) is 4.69. The summed E-state index contributed by atoms with van der Waals surface area (Å²) in [6.45, 7) is 11.1. The molecule has 0 aromatic heterocycles. The fourth-order valence-corrected chi connectivity index (χ4v) is 4.15. The lowest BCUT2D eigenvalue weighted by molar-refractivity contribution is -0.141. The van der Waals surface area contributed by atoms with Gasteiger partial charge in [-0.05, 0) is 58.4 Å². The second-order valence-electron chi connectivity index (χ2n) is 6.91. The highest BCUT2D eigenvalue weighted by atomic mass is 16.5. The number of hydrogen-bond donors (Lipinski definition) is 0. The number of carbonyl (C=O) groups is 1. The summed E-state index contributed by atoms with van der Waals surface area (Å²) >= 11 is 0. The Balaban J connectivity index is 1.43. The molecule has 126 valence electrons. The lowest BCUT2D eigenvalue weighted by Gasteiger charge is -2.42. The quantitative estimate of drug-likeness (QED) is 0.780. The molecule has 0 unspecified atom stereocenters. The van der Waals surface area contributed by atoms with E-state index in [0.717, 1.165) is 45.1 Å². The van der Waals surface area contributed by atoms with E-state index in [1.807, 2.05) is 4.90 Å². The van der Waals surface area contributed by atoms with Crippen LogP contribution in [0.2, 0.25) is 0 Å². The minimum atomic E-state index is 0.255. The first-order valence-electron chi connectivity index (χ1n) is 9.11. The van der Waals surface area contributed by atoms with Gasteiger partial charge in [0.2, 0.25) is 5.91 Å². The summed E-state index contributed by atoms with van der Waals surface area (Å²) in [6, 6.07) is 0.752. The summed E-state index contributed by atoms with van der Waals surface area (Å²) < 4.78 is 5.35. The normalized spacial score (nSPS) is 27.2. The van der Waals surface area contributed by atoms with Crippen molar-refractivity contribution in [2.45, 2.75) is 38.6 Å². The molecular weight excluding hydrogens is 278 g/mol. The highest BCUT2D eigenvalue weighted by Crippen LogP contribution is 2.25. The molecule has 1 amide bonds. The highest BCUT2D eigenvalue weighted by Gasteiger charge is 2.32. The third-order valence-corrected chi connectivity index (χ3v) is 5.72. The van der Waals surface area contributed by atoms with Gasteiger partial charge in [0.05, 0.1) is 13.2 Å². The van der Waals surface area contributed by atoms with Crippen molar-refractivity contribution in [3.63, 3.8) is 0 Å². The van der Waals surface area contributed by atoms with E-state index in [2.05, 4.69) is 16.7 Å². The maximum absolute atomic E-state index is 12.6. The van der Waals surface area contributed by atoms with Gasteiger partial charge in [-0.2, -0.15) is 0 Å². The maximum Gasteiger partial charge on any atom is 0.225 e. The Bertz CT molecular complexity index is 355. The van der Waals surface area contributed by atoms with Crippen LogP contribution in [0.4, 0.5) is 0 Å². The van der Waals surface area contributed by atoms with Gasteiger partial charge in [0.25, 0.3) is 0 Å². The van der Waals surface area contributed by atoms with Crippen LogP contribution in [0.3, 0.4) is 0 Å². The molecule has 0 aromatic rings. The van der Waals surface area contributed by atoms with Crippen molar-refractivity contribution in [2.24, 2.45) is 5.92 Å². The zero-order chi connectivity index (χ0) is 15.4. The van der Waals surface area contributed by atoms with E-state index in [1.165, 1.54) is 32.5 Å². The fourth-order valence-electron chi connectivity index (χ4n) is 4.15. The van der Waals surface area contributed by atoms with E-state index in [4.69, 9.17) is 4.74 Å². The second kappa shape index (κ2) is 7.75. The Labute approximate surface area is 134 Å². The molecule has 3 aliphatic heterocycles. The molecular formula is C17H31N3O2. The summed E-state index contributed by atoms with van der Waals surface area (Å²) in [5.74, 6) is 0.633. The molecule has 5 nitrogen and oxygen atoms in total. The number of morpholine rings is 1. The van der Waals surface area contributed by atoms with Gasteiger partial charge < -0.3 is 19.4 Å². The van der Waals surface area contributed by atoms with Crippen molar-refractivity contribution in [3.8, 4) is 0 Å². The van der Waals surface area contributed by atoms with Gasteiger partial charge in [-0.1, -0.05) is 6.92 Å². The zero-order valence-electron chi connectivity index (χ0n) is 14.0. The number of hydrogen-bond acceptors (Lipinski definition) is 4. The minimum Gasteiger partial charge on any atom is -0.378 e. The summed E-state index contributed by atoms with van der Waals surface area (Å²) in [7, 11) is 0. The third-order valence-electron chi connectivity index (χ3n) is 5.72. The number of ether oxygens (including phenoxy) is 1. The van der Waals surface area contributed by atoms with E-state index in [-0.39, 0.29) is 5.92 Å². The van der Waals surface area contributed by atoms with Crippen LogP contribution in [0.15, 0.2) is 0 Å². The molecule has 0 bridgehead atoms. The lowest BCUT2D eigenvalue weighted by Crippen LogP contribution is -2.50. The SMILES string of the molecule is CCN1CCC(N2CCC(C(=O)N3CCOCC3)CC2)CC1. The van der Waals surface area contributed by atoms with Gasteiger partial charge >= 0.3 is 0 Å². The molecule has 0 radical (unpaired) electrons. The Morgan fingerprint density at radius 2 is 1.59 bits per heavy atom. The Morgan fingerprint density at radius 1 is 0.955 bits per heavy atom. The van der Waals surface area contributed by atoms with E-state index < -0.39 is 0 Å². The van der Waals surface area contributed by atoms with Crippen molar-refractivity contribution in [3.05, 3.63) is 0 Å². The summed E-state index contributed by atoms with van der Waals surface area (Å²) in [5.41, 5.74) is 0. The molecule has 0 spiro atoms. The zero-order valence-corrected chi connectivity index (χ0v) is 14.0. The molecule has 0 aromatic carbocycles. The first kappa shape index (κ1) is 16.2. The Kier molecular flexibility index (Phi) is 5.71. The molecule has 0 aliphatic carbocycles. The number of carbonyl (C=O) groups excluding carboxylic acids is 1. The van der Waals surface area contributed by atoms with Gasteiger partial charge in [0, 0.05) is 25.0 Å². The van der Waals surface area contributed by atoms with Crippen molar-refractivity contribution in [1.82, 2.24) is 14.7 Å². The van der Waals surface area contributed by atoms with E-state index in [0.29, 0.717) is 19.1 Å². The van der Waals surface area contributed by atoms with Crippen molar-refractivity contribution in [1.29, 1.82) is 0 Å². The standard InChI is InChI=1S/C17H31N3O2/c1-2-18-7-5-16(6-8-18)19-9-3-15(4-10-19)17(21)20-11-13-22-14-12-20/h15-16H,2-14H2,1H3. The van der Waals surface area contributed by atoms with Crippen molar-refractivity contribution in [2.75, 3.05) is 59.0 Å². The van der Waals surface area contributed by atoms with Gasteiger partial charge in [-0.25, -0.2) is 0 Å². The molecule has 0 atom stereocenters. The minimum absolute atomic E-state index is 0.255. The lowest BCUT2D eigenvalue weighted by atomic mass is 9.92. The number of amides is 1. The highest BCUT2D eigenvalue weighted by molar-refractivity contribution is 5.79. The third kappa shape index (κ3) is 3.81. The van der Waals surface area contributed by atoms with Gasteiger partial charge in [-0.3, -0.25) is 4.79 Å². The predicted molar refractivity (Wildman–Crippen MR) is 86.8 cm³/mol. The van der Waals surface area contributed by atoms with Crippen LogP contribution in [0, 0.1) is 5.92 Å². The van der Waals surface area contributed by atoms with Crippen LogP contribution in [0.5, 0.6) is 0 Å². The van der Waals surface area contributed by atoms with Gasteiger partial charge in [0.15, 0.2) is 0 Å². The smallest absolute Gasteiger partial charge is 0.225 e. The van der Waals surface area contributed by atoms with Crippen LogP contribution in [-0.4, -0.2) is 85.7 Å². The topological polar surface area (TPSA) is 36.0 Å². The van der Waals surface area contributed by atoms with Gasteiger partial charge in [0.1, 0.15) is 0 Å². The molecule has 3 rings (SSSR count). The molecule has 5 heteroatoms. The largest absolute Gasteiger partial charge is 0.378 e. The number of likely N-dealkylation sites (tertiary alicyclic amines) is 2. The molecule has 0 N–H and O–H groups in total. The van der Waals surface area contributed by atoms with Crippen LogP contribution in [-0.2, 0) is 9.53 Å². The maximum atomic E-state index is 12.6. The van der Waals surface area contributed by atoms with Crippen LogP contribution >= 0.6 is 0 Å². The van der Waals surface area contributed by atoms with Crippen LogP contribution < -0.4 is 0 Å².